The lowest BCUT2D eigenvalue weighted by Crippen LogP contribution is -2.64. The van der Waals surface area contributed by atoms with Gasteiger partial charge in [-0.15, -0.1) is 0 Å². The maximum atomic E-state index is 5.29. The molecule has 1 aliphatic carbocycles. The Labute approximate surface area is 116 Å². The van der Waals surface area contributed by atoms with E-state index in [0.717, 1.165) is 5.92 Å². The van der Waals surface area contributed by atoms with Crippen molar-refractivity contribution in [2.75, 3.05) is 32.7 Å². The molecule has 0 radical (unpaired) electrons. The zero-order valence-electron chi connectivity index (χ0n) is 11.7. The van der Waals surface area contributed by atoms with Gasteiger partial charge < -0.3 is 16.0 Å². The van der Waals surface area contributed by atoms with Crippen LogP contribution in [0.1, 0.15) is 25.7 Å². The summed E-state index contributed by atoms with van der Waals surface area (Å²) >= 11 is 0. The molecular weight excluding hydrogens is 236 g/mol. The maximum absolute atomic E-state index is 5.29. The van der Waals surface area contributed by atoms with E-state index in [1.807, 2.05) is 12.3 Å². The highest BCUT2D eigenvalue weighted by Crippen LogP contribution is 2.49. The molecule has 2 heterocycles. The second-order valence-corrected chi connectivity index (χ2v) is 6.61. The van der Waals surface area contributed by atoms with Crippen LogP contribution in [0, 0.1) is 11.3 Å². The fourth-order valence-electron chi connectivity index (χ4n) is 3.99. The van der Waals surface area contributed by atoms with E-state index in [9.17, 15) is 0 Å². The first-order valence-electron chi connectivity index (χ1n) is 7.63. The van der Waals surface area contributed by atoms with E-state index in [-0.39, 0.29) is 0 Å². The van der Waals surface area contributed by atoms with Gasteiger partial charge in [-0.05, 0) is 62.4 Å². The molecule has 4 heteroatoms. The van der Waals surface area contributed by atoms with Gasteiger partial charge in [0.25, 0.3) is 0 Å². The van der Waals surface area contributed by atoms with Crippen LogP contribution in [-0.4, -0.2) is 49.9 Å². The van der Waals surface area contributed by atoms with Crippen LogP contribution in [-0.2, 0) is 0 Å². The molecule has 0 aromatic carbocycles. The minimum absolute atomic E-state index is 0.553. The van der Waals surface area contributed by atoms with E-state index in [4.69, 9.17) is 5.73 Å². The van der Waals surface area contributed by atoms with Crippen LogP contribution in [0.25, 0.3) is 0 Å². The molecule has 0 bridgehead atoms. The van der Waals surface area contributed by atoms with Crippen molar-refractivity contribution in [2.45, 2.75) is 31.7 Å². The van der Waals surface area contributed by atoms with E-state index in [2.05, 4.69) is 15.2 Å². The van der Waals surface area contributed by atoms with E-state index < -0.39 is 0 Å². The van der Waals surface area contributed by atoms with Gasteiger partial charge in [0, 0.05) is 25.8 Å². The van der Waals surface area contributed by atoms with Crippen molar-refractivity contribution in [1.29, 1.82) is 0 Å². The van der Waals surface area contributed by atoms with Crippen LogP contribution in [0.3, 0.4) is 0 Å². The number of piperidine rings is 1. The minimum Gasteiger partial charge on any atom is -0.405 e. The van der Waals surface area contributed by atoms with Crippen LogP contribution < -0.4 is 11.1 Å². The molecule has 3 rings (SSSR count). The predicted molar refractivity (Wildman–Crippen MR) is 79.3 cm³/mol. The van der Waals surface area contributed by atoms with Gasteiger partial charge in [0.1, 0.15) is 0 Å². The summed E-state index contributed by atoms with van der Waals surface area (Å²) in [5, 5.41) is 3.44. The average Bonchev–Trinajstić information content (AvgIpc) is 2.34. The molecule has 0 atom stereocenters. The molecule has 3 N–H and O–H groups in total. The van der Waals surface area contributed by atoms with Gasteiger partial charge in [-0.3, -0.25) is 4.99 Å². The first-order valence-corrected chi connectivity index (χ1v) is 7.63. The lowest BCUT2D eigenvalue weighted by Gasteiger charge is -2.59. The van der Waals surface area contributed by atoms with Gasteiger partial charge in [-0.25, -0.2) is 0 Å². The molecule has 0 aromatic heterocycles. The van der Waals surface area contributed by atoms with Crippen molar-refractivity contribution in [3.8, 4) is 0 Å². The lowest BCUT2D eigenvalue weighted by molar-refractivity contribution is -0.0776. The molecule has 0 aromatic rings. The number of rotatable bonds is 4. The third-order valence-corrected chi connectivity index (χ3v) is 4.92. The predicted octanol–water partition coefficient (Wildman–Crippen LogP) is 0.994. The minimum atomic E-state index is 0.553. The molecular formula is C15H26N4. The van der Waals surface area contributed by atoms with E-state index >= 15 is 0 Å². The molecule has 0 unspecified atom stereocenters. The quantitative estimate of drug-likeness (QED) is 0.743. The summed E-state index contributed by atoms with van der Waals surface area (Å²) < 4.78 is 0. The van der Waals surface area contributed by atoms with Crippen LogP contribution in [0.2, 0.25) is 0 Å². The fourth-order valence-corrected chi connectivity index (χ4v) is 3.99. The molecule has 1 saturated carbocycles. The van der Waals surface area contributed by atoms with Crippen molar-refractivity contribution in [1.82, 2.24) is 10.2 Å². The van der Waals surface area contributed by atoms with Crippen molar-refractivity contribution in [2.24, 2.45) is 22.1 Å². The highest BCUT2D eigenvalue weighted by Gasteiger charge is 2.52. The Bertz CT molecular complexity index is 343. The van der Waals surface area contributed by atoms with Gasteiger partial charge in [0.05, 0.1) is 6.04 Å². The zero-order chi connectivity index (χ0) is 13.1. The number of aliphatic imine (C=N–C) groups is 1. The van der Waals surface area contributed by atoms with E-state index in [1.54, 1.807) is 6.20 Å². The third-order valence-electron chi connectivity index (χ3n) is 4.92. The Balaban J connectivity index is 1.35. The summed E-state index contributed by atoms with van der Waals surface area (Å²) in [6.07, 6.45) is 10.5. The summed E-state index contributed by atoms with van der Waals surface area (Å²) in [6.45, 7) is 6.39. The average molecular weight is 262 g/mol. The zero-order valence-corrected chi connectivity index (χ0v) is 11.7. The number of nitrogens with zero attached hydrogens (tertiary/aromatic N) is 2. The molecule has 1 spiro atoms. The highest BCUT2D eigenvalue weighted by atomic mass is 15.2. The fraction of sp³-hybridized carbons (Fsp3) is 0.800. The van der Waals surface area contributed by atoms with Gasteiger partial charge in [0.2, 0.25) is 0 Å². The molecule has 19 heavy (non-hydrogen) atoms. The topological polar surface area (TPSA) is 53.6 Å². The van der Waals surface area contributed by atoms with E-state index in [1.165, 1.54) is 58.4 Å². The summed E-state index contributed by atoms with van der Waals surface area (Å²) in [7, 11) is 0. The number of hydrogen-bond acceptors (Lipinski definition) is 4. The number of nitrogens with one attached hydrogen (secondary N) is 1. The number of likely N-dealkylation sites (tertiary alicyclic amines) is 1. The van der Waals surface area contributed by atoms with Gasteiger partial charge in [-0.2, -0.15) is 0 Å². The van der Waals surface area contributed by atoms with Crippen LogP contribution >= 0.6 is 0 Å². The van der Waals surface area contributed by atoms with Crippen molar-refractivity contribution in [3.05, 3.63) is 12.3 Å². The van der Waals surface area contributed by atoms with E-state index in [0.29, 0.717) is 11.5 Å². The molecule has 0 amide bonds. The van der Waals surface area contributed by atoms with Gasteiger partial charge >= 0.3 is 0 Å². The van der Waals surface area contributed by atoms with Crippen molar-refractivity contribution >= 4 is 6.21 Å². The van der Waals surface area contributed by atoms with Crippen LogP contribution in [0.4, 0.5) is 0 Å². The summed E-state index contributed by atoms with van der Waals surface area (Å²) in [5.74, 6) is 0.933. The second kappa shape index (κ2) is 5.63. The Hall–Kier alpha value is -0.870. The normalized spacial score (nSPS) is 29.1. The summed E-state index contributed by atoms with van der Waals surface area (Å²) in [6, 6.07) is 0.553. The van der Waals surface area contributed by atoms with Gasteiger partial charge in [-0.1, -0.05) is 0 Å². The maximum Gasteiger partial charge on any atom is 0.0512 e. The summed E-state index contributed by atoms with van der Waals surface area (Å²) in [5.41, 5.74) is 5.92. The van der Waals surface area contributed by atoms with Crippen LogP contribution in [0.5, 0.6) is 0 Å². The molecule has 3 fully saturated rings. The first-order chi connectivity index (χ1) is 9.30. The van der Waals surface area contributed by atoms with Gasteiger partial charge in [0.15, 0.2) is 0 Å². The molecule has 2 aliphatic heterocycles. The number of nitrogens with two attached hydrogens (primary N) is 1. The SMILES string of the molecule is N/C=C\C=NC1CC2(C1)CN(CC1CCNCC1)C2. The lowest BCUT2D eigenvalue weighted by atomic mass is 9.60. The molecule has 106 valence electrons. The van der Waals surface area contributed by atoms with Crippen molar-refractivity contribution < 1.29 is 0 Å². The summed E-state index contributed by atoms with van der Waals surface area (Å²) in [4.78, 5) is 7.18. The largest absolute Gasteiger partial charge is 0.405 e. The Morgan fingerprint density at radius 3 is 2.68 bits per heavy atom. The number of allylic oxidation sites excluding steroid dienone is 1. The standard InChI is InChI=1S/C15H26N4/c16-4-1-5-18-14-8-15(9-14)11-19(12-15)10-13-2-6-17-7-3-13/h1,4-5,13-14,17H,2-3,6-12,16H2/b4-1-,18-5?. The molecule has 2 saturated heterocycles. The highest BCUT2D eigenvalue weighted by molar-refractivity contribution is 5.71. The molecule has 4 nitrogen and oxygen atoms in total. The van der Waals surface area contributed by atoms with Crippen LogP contribution in [0.15, 0.2) is 17.3 Å². The Morgan fingerprint density at radius 2 is 2.00 bits per heavy atom. The Morgan fingerprint density at radius 1 is 1.26 bits per heavy atom. The monoisotopic (exact) mass is 262 g/mol. The Kier molecular flexibility index (Phi) is 3.89. The van der Waals surface area contributed by atoms with Crippen molar-refractivity contribution in [3.63, 3.8) is 0 Å². The first kappa shape index (κ1) is 13.1. The smallest absolute Gasteiger partial charge is 0.0512 e. The molecule has 3 aliphatic rings. The third kappa shape index (κ3) is 3.00. The second-order valence-electron chi connectivity index (χ2n) is 6.61. The number of hydrogen-bond donors (Lipinski definition) is 2.